The largest absolute Gasteiger partial charge is 0.490 e. The smallest absolute Gasteiger partial charge is 0.282 e. The Kier molecular flexibility index (Phi) is 8.26. The van der Waals surface area contributed by atoms with Gasteiger partial charge in [0.1, 0.15) is 12.4 Å². The van der Waals surface area contributed by atoms with Crippen LogP contribution in [-0.4, -0.2) is 22.5 Å². The Hall–Kier alpha value is -2.97. The summed E-state index contributed by atoms with van der Waals surface area (Å²) in [5.74, 6) is 1.81. The molecule has 0 N–H and O–H groups in total. The van der Waals surface area contributed by atoms with E-state index >= 15 is 0 Å². The van der Waals surface area contributed by atoms with Gasteiger partial charge in [-0.05, 0) is 71.2 Å². The molecule has 0 radical (unpaired) electrons. The van der Waals surface area contributed by atoms with Crippen LogP contribution in [0.3, 0.4) is 0 Å². The molecule has 0 bridgehead atoms. The number of aryl methyl sites for hydroxylation is 1. The van der Waals surface area contributed by atoms with Gasteiger partial charge in [-0.1, -0.05) is 59.6 Å². The first-order chi connectivity index (χ1) is 17.3. The van der Waals surface area contributed by atoms with E-state index in [1.54, 1.807) is 12.3 Å². The lowest BCUT2D eigenvalue weighted by atomic mass is 10.1. The van der Waals surface area contributed by atoms with Crippen LogP contribution < -0.4 is 15.0 Å². The summed E-state index contributed by atoms with van der Waals surface area (Å²) in [4.78, 5) is 18.0. The van der Waals surface area contributed by atoms with Crippen molar-refractivity contribution in [2.24, 2.45) is 5.10 Å². The van der Waals surface area contributed by atoms with Crippen LogP contribution in [-0.2, 0) is 6.61 Å². The molecule has 0 fully saturated rings. The molecule has 186 valence electrons. The van der Waals surface area contributed by atoms with Gasteiger partial charge in [0.15, 0.2) is 11.5 Å². The average Bonchev–Trinajstić information content (AvgIpc) is 2.84. The minimum absolute atomic E-state index is 0.00571. The molecule has 6 nitrogen and oxygen atoms in total. The van der Waals surface area contributed by atoms with Crippen LogP contribution in [0.4, 0.5) is 0 Å². The van der Waals surface area contributed by atoms with Crippen molar-refractivity contribution in [3.63, 3.8) is 0 Å². The molecule has 1 aromatic heterocycles. The molecule has 1 heterocycles. The van der Waals surface area contributed by atoms with Crippen LogP contribution in [0.5, 0.6) is 11.5 Å². The molecule has 0 aliphatic heterocycles. The fourth-order valence-corrected chi connectivity index (χ4v) is 4.62. The lowest BCUT2D eigenvalue weighted by Gasteiger charge is -2.15. The van der Waals surface area contributed by atoms with Crippen molar-refractivity contribution in [3.8, 4) is 11.5 Å². The Labute approximate surface area is 227 Å². The summed E-state index contributed by atoms with van der Waals surface area (Å²) in [6.07, 6.45) is 1.63. The van der Waals surface area contributed by atoms with Crippen molar-refractivity contribution in [1.82, 2.24) is 9.66 Å². The number of ether oxygens (including phenoxy) is 2. The van der Waals surface area contributed by atoms with Gasteiger partial charge in [-0.15, -0.1) is 0 Å². The van der Waals surface area contributed by atoms with Gasteiger partial charge in [0.05, 0.1) is 28.2 Å². The van der Waals surface area contributed by atoms with Crippen molar-refractivity contribution < 1.29 is 9.47 Å². The number of rotatable bonds is 8. The van der Waals surface area contributed by atoms with E-state index in [4.69, 9.17) is 14.5 Å². The molecule has 0 aliphatic rings. The molecular weight excluding hydrogens is 586 g/mol. The highest BCUT2D eigenvalue weighted by Crippen LogP contribution is 2.37. The lowest BCUT2D eigenvalue weighted by Crippen LogP contribution is -2.23. The standard InChI is InChI=1S/C28H27Br2N3O3/c1-5-35-25-13-20(12-23(30)26(25)36-16-19-8-6-18(4)7-9-19)15-31-33-27(17(2)3)32-24-11-10-21(29)14-22(24)28(33)34/h6-15,17H,5,16H2,1-4H3. The van der Waals surface area contributed by atoms with Crippen molar-refractivity contribution in [2.45, 2.75) is 40.2 Å². The number of aromatic nitrogens is 2. The van der Waals surface area contributed by atoms with Crippen LogP contribution in [0.2, 0.25) is 0 Å². The first-order valence-corrected chi connectivity index (χ1v) is 13.3. The van der Waals surface area contributed by atoms with Gasteiger partial charge < -0.3 is 9.47 Å². The topological polar surface area (TPSA) is 65.7 Å². The molecule has 4 rings (SSSR count). The number of nitrogens with zero attached hydrogens (tertiary/aromatic N) is 3. The quantitative estimate of drug-likeness (QED) is 0.197. The Bertz CT molecular complexity index is 1480. The van der Waals surface area contributed by atoms with Gasteiger partial charge in [-0.3, -0.25) is 4.79 Å². The van der Waals surface area contributed by atoms with Crippen LogP contribution >= 0.6 is 31.9 Å². The summed E-state index contributed by atoms with van der Waals surface area (Å²) in [5, 5.41) is 5.04. The second kappa shape index (κ2) is 11.4. The molecule has 3 aromatic carbocycles. The maximum absolute atomic E-state index is 13.3. The van der Waals surface area contributed by atoms with Crippen molar-refractivity contribution in [2.75, 3.05) is 6.61 Å². The Morgan fingerprint density at radius 1 is 1.06 bits per heavy atom. The summed E-state index contributed by atoms with van der Waals surface area (Å²) in [7, 11) is 0. The molecule has 0 spiro atoms. The maximum atomic E-state index is 13.3. The molecule has 0 unspecified atom stereocenters. The van der Waals surface area contributed by atoms with E-state index in [1.165, 1.54) is 10.2 Å². The molecule has 0 aliphatic carbocycles. The third-order valence-corrected chi connectivity index (χ3v) is 6.59. The first-order valence-electron chi connectivity index (χ1n) is 11.7. The van der Waals surface area contributed by atoms with E-state index in [2.05, 4.69) is 56.0 Å². The molecule has 0 saturated carbocycles. The van der Waals surface area contributed by atoms with Gasteiger partial charge in [0, 0.05) is 10.4 Å². The first kappa shape index (κ1) is 26.1. The predicted octanol–water partition coefficient (Wildman–Crippen LogP) is 7.21. The third-order valence-electron chi connectivity index (χ3n) is 5.51. The van der Waals surface area contributed by atoms with E-state index in [0.717, 1.165) is 20.1 Å². The maximum Gasteiger partial charge on any atom is 0.282 e. The highest BCUT2D eigenvalue weighted by Gasteiger charge is 2.15. The van der Waals surface area contributed by atoms with Gasteiger partial charge >= 0.3 is 0 Å². The second-order valence-corrected chi connectivity index (χ2v) is 10.5. The molecule has 0 saturated heterocycles. The summed E-state index contributed by atoms with van der Waals surface area (Å²) in [6, 6.07) is 17.4. The summed E-state index contributed by atoms with van der Waals surface area (Å²) in [5.41, 5.74) is 3.45. The Balaban J connectivity index is 1.69. The Morgan fingerprint density at radius 3 is 2.50 bits per heavy atom. The zero-order valence-electron chi connectivity index (χ0n) is 20.6. The van der Waals surface area contributed by atoms with Crippen molar-refractivity contribution >= 4 is 49.0 Å². The normalized spacial score (nSPS) is 11.5. The number of fused-ring (bicyclic) bond motifs is 1. The van der Waals surface area contributed by atoms with Crippen molar-refractivity contribution in [3.05, 3.63) is 96.4 Å². The summed E-state index contributed by atoms with van der Waals surface area (Å²) < 4.78 is 14.9. The third kappa shape index (κ3) is 5.87. The van der Waals surface area contributed by atoms with Crippen LogP contribution in [0, 0.1) is 6.92 Å². The van der Waals surface area contributed by atoms with E-state index in [0.29, 0.717) is 41.4 Å². The SMILES string of the molecule is CCOc1cc(C=Nn2c(C(C)C)nc3ccc(Br)cc3c2=O)cc(Br)c1OCc1ccc(C)cc1. The zero-order valence-corrected chi connectivity index (χ0v) is 23.8. The minimum Gasteiger partial charge on any atom is -0.490 e. The molecule has 8 heteroatoms. The lowest BCUT2D eigenvalue weighted by molar-refractivity contribution is 0.267. The zero-order chi connectivity index (χ0) is 25.8. The summed E-state index contributed by atoms with van der Waals surface area (Å²) in [6.45, 7) is 8.85. The van der Waals surface area contributed by atoms with Gasteiger partial charge in [0.25, 0.3) is 5.56 Å². The van der Waals surface area contributed by atoms with E-state index in [-0.39, 0.29) is 11.5 Å². The minimum atomic E-state index is -0.219. The highest BCUT2D eigenvalue weighted by atomic mass is 79.9. The van der Waals surface area contributed by atoms with Gasteiger partial charge in [0.2, 0.25) is 0 Å². The van der Waals surface area contributed by atoms with E-state index < -0.39 is 0 Å². The fourth-order valence-electron chi connectivity index (χ4n) is 3.68. The molecule has 0 atom stereocenters. The number of benzene rings is 3. The van der Waals surface area contributed by atoms with E-state index in [9.17, 15) is 4.79 Å². The highest BCUT2D eigenvalue weighted by molar-refractivity contribution is 9.10. The predicted molar refractivity (Wildman–Crippen MR) is 152 cm³/mol. The molecule has 4 aromatic rings. The average molecular weight is 613 g/mol. The number of hydrogen-bond acceptors (Lipinski definition) is 5. The molecular formula is C28H27Br2N3O3. The van der Waals surface area contributed by atoms with Crippen LogP contribution in [0.25, 0.3) is 10.9 Å². The van der Waals surface area contributed by atoms with E-state index in [1.807, 2.05) is 57.2 Å². The number of halogens is 2. The second-order valence-electron chi connectivity index (χ2n) is 8.68. The van der Waals surface area contributed by atoms with Crippen LogP contribution in [0.1, 0.15) is 49.2 Å². The monoisotopic (exact) mass is 611 g/mol. The fraction of sp³-hybridized carbons (Fsp3) is 0.250. The molecule has 0 amide bonds. The molecule has 36 heavy (non-hydrogen) atoms. The number of hydrogen-bond donors (Lipinski definition) is 0. The van der Waals surface area contributed by atoms with Crippen molar-refractivity contribution in [1.29, 1.82) is 0 Å². The van der Waals surface area contributed by atoms with Crippen LogP contribution in [0.15, 0.2) is 73.4 Å². The summed E-state index contributed by atoms with van der Waals surface area (Å²) >= 11 is 7.06. The Morgan fingerprint density at radius 2 is 1.81 bits per heavy atom. The van der Waals surface area contributed by atoms with Gasteiger partial charge in [-0.2, -0.15) is 9.78 Å². The van der Waals surface area contributed by atoms with Gasteiger partial charge in [-0.25, -0.2) is 4.98 Å².